The van der Waals surface area contributed by atoms with Crippen LogP contribution in [0.5, 0.6) is 5.75 Å². The molecular weight excluding hydrogens is 329 g/mol. The summed E-state index contributed by atoms with van der Waals surface area (Å²) in [7, 11) is 0. The van der Waals surface area contributed by atoms with E-state index in [2.05, 4.69) is 21.9 Å². The van der Waals surface area contributed by atoms with Crippen molar-refractivity contribution in [3.63, 3.8) is 0 Å². The highest BCUT2D eigenvalue weighted by Crippen LogP contribution is 2.24. The number of halogens is 4. The van der Waals surface area contributed by atoms with E-state index >= 15 is 0 Å². The molecule has 3 nitrogen and oxygen atoms in total. The van der Waals surface area contributed by atoms with Gasteiger partial charge in [0, 0.05) is 12.6 Å². The summed E-state index contributed by atoms with van der Waals surface area (Å²) in [6.45, 7) is 5.98. The standard InChI is InChI=1S/C16H23F3N2O.ClH/c1-2-11-21(14-7-9-20-10-8-14)12-13-3-5-15(6-4-13)22-16(17,18)19;/h3-6,14,20H,2,7-12H2,1H3;1H. The summed E-state index contributed by atoms with van der Waals surface area (Å²) in [5.41, 5.74) is 1.02. The van der Waals surface area contributed by atoms with E-state index in [0.717, 1.165) is 51.0 Å². The van der Waals surface area contributed by atoms with Crippen LogP contribution in [0.15, 0.2) is 24.3 Å². The number of ether oxygens (including phenoxy) is 1. The molecule has 1 aliphatic heterocycles. The molecule has 0 amide bonds. The Labute approximate surface area is 141 Å². The summed E-state index contributed by atoms with van der Waals surface area (Å²) < 4.78 is 40.4. The molecule has 0 unspecified atom stereocenters. The van der Waals surface area contributed by atoms with Gasteiger partial charge in [-0.15, -0.1) is 25.6 Å². The van der Waals surface area contributed by atoms with Crippen LogP contribution in [0, 0.1) is 0 Å². The molecule has 0 spiro atoms. The van der Waals surface area contributed by atoms with Gasteiger partial charge >= 0.3 is 6.36 Å². The highest BCUT2D eigenvalue weighted by Gasteiger charge is 2.31. The Bertz CT molecular complexity index is 448. The lowest BCUT2D eigenvalue weighted by Gasteiger charge is -2.34. The third-order valence-electron chi connectivity index (χ3n) is 3.88. The number of rotatable bonds is 6. The largest absolute Gasteiger partial charge is 0.573 e. The van der Waals surface area contributed by atoms with E-state index < -0.39 is 6.36 Å². The molecule has 0 aromatic heterocycles. The molecule has 0 bridgehead atoms. The molecule has 1 fully saturated rings. The van der Waals surface area contributed by atoms with Crippen molar-refractivity contribution in [2.24, 2.45) is 0 Å². The van der Waals surface area contributed by atoms with Crippen molar-refractivity contribution in [3.05, 3.63) is 29.8 Å². The molecular formula is C16H24ClF3N2O. The van der Waals surface area contributed by atoms with Gasteiger partial charge in [0.25, 0.3) is 0 Å². The van der Waals surface area contributed by atoms with Gasteiger partial charge in [-0.25, -0.2) is 0 Å². The first-order chi connectivity index (χ1) is 10.5. The van der Waals surface area contributed by atoms with Gasteiger partial charge in [0.15, 0.2) is 0 Å². The first-order valence-electron chi connectivity index (χ1n) is 7.77. The van der Waals surface area contributed by atoms with E-state index in [1.165, 1.54) is 12.1 Å². The van der Waals surface area contributed by atoms with Crippen LogP contribution in [0.3, 0.4) is 0 Å². The minimum Gasteiger partial charge on any atom is -0.406 e. The van der Waals surface area contributed by atoms with Crippen molar-refractivity contribution < 1.29 is 17.9 Å². The second kappa shape index (κ2) is 9.35. The molecule has 2 rings (SSSR count). The lowest BCUT2D eigenvalue weighted by molar-refractivity contribution is -0.274. The van der Waals surface area contributed by atoms with Crippen LogP contribution in [0.4, 0.5) is 13.2 Å². The van der Waals surface area contributed by atoms with E-state index in [4.69, 9.17) is 0 Å². The SMILES string of the molecule is CCCN(Cc1ccc(OC(F)(F)F)cc1)C1CCNCC1.Cl. The molecule has 1 aromatic rings. The Balaban J connectivity index is 0.00000264. The predicted octanol–water partition coefficient (Wildman–Crippen LogP) is 3.97. The van der Waals surface area contributed by atoms with Gasteiger partial charge in [0.05, 0.1) is 0 Å². The van der Waals surface area contributed by atoms with E-state index in [1.54, 1.807) is 12.1 Å². The average Bonchev–Trinajstić information content (AvgIpc) is 2.48. The Morgan fingerprint density at radius 1 is 1.17 bits per heavy atom. The van der Waals surface area contributed by atoms with Gasteiger partial charge in [-0.1, -0.05) is 19.1 Å². The second-order valence-corrected chi connectivity index (χ2v) is 5.64. The molecule has 1 saturated heterocycles. The third-order valence-corrected chi connectivity index (χ3v) is 3.88. The maximum atomic E-state index is 12.2. The lowest BCUT2D eigenvalue weighted by Crippen LogP contribution is -2.43. The predicted molar refractivity (Wildman–Crippen MR) is 87.0 cm³/mol. The second-order valence-electron chi connectivity index (χ2n) is 5.64. The first-order valence-corrected chi connectivity index (χ1v) is 7.77. The summed E-state index contributed by atoms with van der Waals surface area (Å²) in [4.78, 5) is 2.43. The zero-order valence-corrected chi connectivity index (χ0v) is 14.1. The van der Waals surface area contributed by atoms with Crippen molar-refractivity contribution >= 4 is 12.4 Å². The monoisotopic (exact) mass is 352 g/mol. The van der Waals surface area contributed by atoms with Crippen molar-refractivity contribution in [2.75, 3.05) is 19.6 Å². The Morgan fingerprint density at radius 3 is 2.30 bits per heavy atom. The highest BCUT2D eigenvalue weighted by atomic mass is 35.5. The van der Waals surface area contributed by atoms with Gasteiger partial charge in [-0.05, 0) is 56.6 Å². The molecule has 1 aliphatic rings. The molecule has 132 valence electrons. The normalized spacial score (nSPS) is 16.2. The van der Waals surface area contributed by atoms with Crippen LogP contribution in [0.25, 0.3) is 0 Å². The van der Waals surface area contributed by atoms with Gasteiger partial charge in [0.2, 0.25) is 0 Å². The van der Waals surface area contributed by atoms with E-state index in [9.17, 15) is 13.2 Å². The molecule has 0 saturated carbocycles. The summed E-state index contributed by atoms with van der Waals surface area (Å²) in [5.74, 6) is -0.167. The molecule has 0 atom stereocenters. The zero-order valence-electron chi connectivity index (χ0n) is 13.2. The van der Waals surface area contributed by atoms with Gasteiger partial charge < -0.3 is 10.1 Å². The summed E-state index contributed by atoms with van der Waals surface area (Å²) >= 11 is 0. The fourth-order valence-electron chi connectivity index (χ4n) is 2.88. The van der Waals surface area contributed by atoms with Crippen molar-refractivity contribution in [3.8, 4) is 5.75 Å². The molecule has 1 aromatic carbocycles. The van der Waals surface area contributed by atoms with Crippen LogP contribution in [0.2, 0.25) is 0 Å². The van der Waals surface area contributed by atoms with E-state index in [0.29, 0.717) is 6.04 Å². The number of benzene rings is 1. The van der Waals surface area contributed by atoms with E-state index in [-0.39, 0.29) is 18.2 Å². The summed E-state index contributed by atoms with van der Waals surface area (Å²) in [5, 5.41) is 3.36. The first kappa shape index (κ1) is 20.1. The zero-order chi connectivity index (χ0) is 16.0. The molecule has 1 N–H and O–H groups in total. The Kier molecular flexibility index (Phi) is 8.16. The van der Waals surface area contributed by atoms with Crippen molar-refractivity contribution in [2.45, 2.75) is 45.1 Å². The molecule has 1 heterocycles. The Morgan fingerprint density at radius 2 is 1.78 bits per heavy atom. The fraction of sp³-hybridized carbons (Fsp3) is 0.625. The van der Waals surface area contributed by atoms with Crippen LogP contribution < -0.4 is 10.1 Å². The molecule has 23 heavy (non-hydrogen) atoms. The summed E-state index contributed by atoms with van der Waals surface area (Å²) in [6, 6.07) is 6.74. The van der Waals surface area contributed by atoms with Crippen LogP contribution in [-0.2, 0) is 6.54 Å². The maximum absolute atomic E-state index is 12.2. The van der Waals surface area contributed by atoms with Crippen molar-refractivity contribution in [1.29, 1.82) is 0 Å². The number of nitrogens with one attached hydrogen (secondary N) is 1. The highest BCUT2D eigenvalue weighted by molar-refractivity contribution is 5.85. The number of piperidine rings is 1. The Hall–Kier alpha value is -0.980. The van der Waals surface area contributed by atoms with E-state index in [1.807, 2.05) is 0 Å². The third kappa shape index (κ3) is 6.97. The molecule has 0 aliphatic carbocycles. The van der Waals surface area contributed by atoms with Crippen LogP contribution >= 0.6 is 12.4 Å². The maximum Gasteiger partial charge on any atom is 0.573 e. The average molecular weight is 353 g/mol. The minimum atomic E-state index is -4.63. The topological polar surface area (TPSA) is 24.5 Å². The lowest BCUT2D eigenvalue weighted by atomic mass is 10.0. The molecule has 7 heteroatoms. The van der Waals surface area contributed by atoms with Crippen LogP contribution in [-0.4, -0.2) is 36.9 Å². The van der Waals surface area contributed by atoms with Gasteiger partial charge in [-0.2, -0.15) is 0 Å². The number of hydrogen-bond acceptors (Lipinski definition) is 3. The molecule has 0 radical (unpaired) electrons. The van der Waals surface area contributed by atoms with Crippen LogP contribution in [0.1, 0.15) is 31.7 Å². The quantitative estimate of drug-likeness (QED) is 0.838. The van der Waals surface area contributed by atoms with Gasteiger partial charge in [0.1, 0.15) is 5.75 Å². The van der Waals surface area contributed by atoms with Crippen molar-refractivity contribution in [1.82, 2.24) is 10.2 Å². The number of hydrogen-bond donors (Lipinski definition) is 1. The fourth-order valence-corrected chi connectivity index (χ4v) is 2.88. The number of nitrogens with zero attached hydrogens (tertiary/aromatic N) is 1. The minimum absolute atomic E-state index is 0. The smallest absolute Gasteiger partial charge is 0.406 e. The number of alkyl halides is 3. The summed E-state index contributed by atoms with van der Waals surface area (Å²) in [6.07, 6.45) is -1.32. The van der Waals surface area contributed by atoms with Gasteiger partial charge in [-0.3, -0.25) is 4.90 Å².